The molecule has 0 saturated carbocycles. The summed E-state index contributed by atoms with van der Waals surface area (Å²) in [5, 5.41) is 0.938. The maximum Gasteiger partial charge on any atom is 0.341 e. The summed E-state index contributed by atoms with van der Waals surface area (Å²) >= 11 is 3.70. The molecule has 0 atom stereocenters. The fraction of sp³-hybridized carbons (Fsp3) is 0.480. The number of hydrogen-bond donors (Lipinski definition) is 0. The largest absolute Gasteiger partial charge is 0.477 e. The number of benzene rings is 1. The summed E-state index contributed by atoms with van der Waals surface area (Å²) in [6.45, 7) is 5.36. The van der Waals surface area contributed by atoms with Gasteiger partial charge in [0.1, 0.15) is 19.1 Å². The van der Waals surface area contributed by atoms with Gasteiger partial charge >= 0.3 is 5.97 Å². The Balaban J connectivity index is 1.59. The van der Waals surface area contributed by atoms with E-state index in [1.54, 1.807) is 0 Å². The Bertz CT molecular complexity index is 1130. The van der Waals surface area contributed by atoms with Crippen molar-refractivity contribution in [2.24, 2.45) is 7.05 Å². The Morgan fingerprint density at radius 3 is 2.82 bits per heavy atom. The van der Waals surface area contributed by atoms with Crippen LogP contribution in [0.4, 0.5) is 0 Å². The zero-order valence-corrected chi connectivity index (χ0v) is 20.8. The average molecular weight is 516 g/mol. The second-order valence-electron chi connectivity index (χ2n) is 8.98. The number of halogens is 1. The van der Waals surface area contributed by atoms with E-state index in [-0.39, 0.29) is 5.97 Å². The van der Waals surface area contributed by atoms with Crippen LogP contribution in [0.3, 0.4) is 0 Å². The molecule has 33 heavy (non-hydrogen) atoms. The third kappa shape index (κ3) is 4.49. The van der Waals surface area contributed by atoms with Crippen molar-refractivity contribution in [3.8, 4) is 5.75 Å². The summed E-state index contributed by atoms with van der Waals surface area (Å²) in [6.07, 6.45) is 8.15. The predicted octanol–water partition coefficient (Wildman–Crippen LogP) is 3.99. The van der Waals surface area contributed by atoms with Gasteiger partial charge in [0.2, 0.25) is 0 Å². The van der Waals surface area contributed by atoms with E-state index in [2.05, 4.69) is 48.5 Å². The van der Waals surface area contributed by atoms with E-state index < -0.39 is 0 Å². The topological polar surface area (TPSA) is 56.2 Å². The van der Waals surface area contributed by atoms with Crippen molar-refractivity contribution < 1.29 is 19.0 Å². The predicted molar refractivity (Wildman–Crippen MR) is 130 cm³/mol. The van der Waals surface area contributed by atoms with Crippen molar-refractivity contribution in [3.63, 3.8) is 0 Å². The maximum absolute atomic E-state index is 13.6. The fourth-order valence-corrected chi connectivity index (χ4v) is 5.42. The summed E-state index contributed by atoms with van der Waals surface area (Å²) in [7, 11) is 4.06. The molecule has 0 bridgehead atoms. The molecule has 2 aliphatic heterocycles. The minimum atomic E-state index is -0.267. The number of ether oxygens (including phenoxy) is 3. The van der Waals surface area contributed by atoms with Crippen LogP contribution in [-0.2, 0) is 29.6 Å². The van der Waals surface area contributed by atoms with Crippen LogP contribution < -0.4 is 4.74 Å². The van der Waals surface area contributed by atoms with E-state index >= 15 is 0 Å². The van der Waals surface area contributed by atoms with Crippen molar-refractivity contribution in [1.82, 2.24) is 14.4 Å². The van der Waals surface area contributed by atoms with Gasteiger partial charge < -0.3 is 18.8 Å². The summed E-state index contributed by atoms with van der Waals surface area (Å²) in [6, 6.07) is 2.06. The van der Waals surface area contributed by atoms with Gasteiger partial charge in [0, 0.05) is 49.9 Å². The number of allylic oxidation sites excluding steroid dienone is 3. The summed E-state index contributed by atoms with van der Waals surface area (Å²) in [5.41, 5.74) is 4.82. The molecule has 0 amide bonds. The first-order valence-corrected chi connectivity index (χ1v) is 12.3. The number of hydrogen-bond acceptors (Lipinski definition) is 6. The number of nitrogens with zero attached hydrogens (tertiary/aromatic N) is 3. The van der Waals surface area contributed by atoms with Crippen molar-refractivity contribution >= 4 is 32.8 Å². The van der Waals surface area contributed by atoms with E-state index in [0.717, 1.165) is 63.9 Å². The van der Waals surface area contributed by atoms with Gasteiger partial charge in [-0.2, -0.15) is 0 Å². The summed E-state index contributed by atoms with van der Waals surface area (Å²) in [5.74, 6) is 0.551. The Labute approximate surface area is 202 Å². The lowest BCUT2D eigenvalue weighted by Gasteiger charge is -2.27. The smallest absolute Gasteiger partial charge is 0.341 e. The molecule has 3 aliphatic rings. The van der Waals surface area contributed by atoms with Crippen LogP contribution in [0.25, 0.3) is 10.9 Å². The van der Waals surface area contributed by atoms with Gasteiger partial charge in [-0.25, -0.2) is 4.79 Å². The Hall–Kier alpha value is -2.13. The number of carbonyl (C=O) groups excluding carboxylic acids is 1. The average Bonchev–Trinajstić information content (AvgIpc) is 3.10. The highest BCUT2D eigenvalue weighted by atomic mass is 79.9. The lowest BCUT2D eigenvalue weighted by atomic mass is 10.0. The molecule has 7 nitrogen and oxygen atoms in total. The molecule has 1 aromatic heterocycles. The molecule has 1 saturated heterocycles. The molecule has 0 unspecified atom stereocenters. The van der Waals surface area contributed by atoms with Crippen molar-refractivity contribution in [2.45, 2.75) is 25.9 Å². The quantitative estimate of drug-likeness (QED) is 0.561. The normalized spacial score (nSPS) is 19.3. The molecule has 8 heteroatoms. The first kappa shape index (κ1) is 22.7. The lowest BCUT2D eigenvalue weighted by molar-refractivity contribution is 0.0328. The van der Waals surface area contributed by atoms with Gasteiger partial charge in [-0.15, -0.1) is 0 Å². The standard InChI is InChI=1S/C25H30BrN3O4/c1-27-13-18-22-20(12-19(26)24(18)33-16-27)28(2)21(14-29-8-10-31-11-9-29)23(22)25(30)32-15-17-6-4-3-5-7-17/h3-4,6,12H,5,7-11,13-16H2,1-2H3. The van der Waals surface area contributed by atoms with E-state index in [1.807, 2.05) is 20.2 Å². The molecule has 1 fully saturated rings. The van der Waals surface area contributed by atoms with Gasteiger partial charge in [0.25, 0.3) is 0 Å². The van der Waals surface area contributed by atoms with Crippen LogP contribution in [0, 0.1) is 0 Å². The molecule has 0 spiro atoms. The Morgan fingerprint density at radius 2 is 2.06 bits per heavy atom. The number of fused-ring (bicyclic) bond motifs is 3. The first-order chi connectivity index (χ1) is 16.0. The third-order valence-corrected chi connectivity index (χ3v) is 7.23. The second-order valence-corrected chi connectivity index (χ2v) is 9.84. The van der Waals surface area contributed by atoms with E-state index in [0.29, 0.717) is 45.2 Å². The van der Waals surface area contributed by atoms with Crippen molar-refractivity contribution in [3.05, 3.63) is 51.2 Å². The molecule has 0 radical (unpaired) electrons. The van der Waals surface area contributed by atoms with Crippen molar-refractivity contribution in [2.75, 3.05) is 46.7 Å². The monoisotopic (exact) mass is 515 g/mol. The molecule has 1 aliphatic carbocycles. The molecule has 1 aromatic carbocycles. The van der Waals surface area contributed by atoms with E-state index in [4.69, 9.17) is 14.2 Å². The van der Waals surface area contributed by atoms with Crippen LogP contribution in [0.2, 0.25) is 0 Å². The van der Waals surface area contributed by atoms with E-state index in [9.17, 15) is 4.79 Å². The number of carbonyl (C=O) groups is 1. The van der Waals surface area contributed by atoms with Crippen LogP contribution >= 0.6 is 15.9 Å². The van der Waals surface area contributed by atoms with Gasteiger partial charge in [-0.3, -0.25) is 9.80 Å². The van der Waals surface area contributed by atoms with Gasteiger partial charge in [0.05, 0.1) is 28.8 Å². The first-order valence-electron chi connectivity index (χ1n) is 11.5. The summed E-state index contributed by atoms with van der Waals surface area (Å²) in [4.78, 5) is 18.1. The minimum absolute atomic E-state index is 0.267. The molecular weight excluding hydrogens is 486 g/mol. The molecule has 3 heterocycles. The van der Waals surface area contributed by atoms with Crippen LogP contribution in [0.1, 0.15) is 34.5 Å². The Kier molecular flexibility index (Phi) is 6.60. The van der Waals surface area contributed by atoms with Crippen LogP contribution in [0.5, 0.6) is 5.75 Å². The fourth-order valence-electron chi connectivity index (χ4n) is 4.85. The van der Waals surface area contributed by atoms with Crippen LogP contribution in [0.15, 0.2) is 34.3 Å². The number of esters is 1. The van der Waals surface area contributed by atoms with Gasteiger partial charge in [0.15, 0.2) is 0 Å². The zero-order chi connectivity index (χ0) is 22.9. The second kappa shape index (κ2) is 9.62. The van der Waals surface area contributed by atoms with Gasteiger partial charge in [-0.05, 0) is 47.5 Å². The minimum Gasteiger partial charge on any atom is -0.477 e. The van der Waals surface area contributed by atoms with Crippen LogP contribution in [-0.4, -0.2) is 67.0 Å². The zero-order valence-electron chi connectivity index (χ0n) is 19.2. The molecule has 2 aromatic rings. The number of aromatic nitrogens is 1. The molecular formula is C25H30BrN3O4. The molecule has 0 N–H and O–H groups in total. The SMILES string of the molecule is CN1COc2c(Br)cc3c(c2C1)c(C(=O)OCC1=CC=CCC1)c(CN1CCOCC1)n3C. The third-order valence-electron chi connectivity index (χ3n) is 6.64. The Morgan fingerprint density at radius 1 is 1.24 bits per heavy atom. The molecule has 176 valence electrons. The maximum atomic E-state index is 13.6. The molecule has 5 rings (SSSR count). The number of aryl methyl sites for hydroxylation is 1. The lowest BCUT2D eigenvalue weighted by Crippen LogP contribution is -2.36. The van der Waals surface area contributed by atoms with E-state index in [1.165, 1.54) is 0 Å². The summed E-state index contributed by atoms with van der Waals surface area (Å²) < 4.78 is 20.5. The van der Waals surface area contributed by atoms with Crippen molar-refractivity contribution in [1.29, 1.82) is 0 Å². The van der Waals surface area contributed by atoms with Gasteiger partial charge in [-0.1, -0.05) is 18.2 Å². The number of rotatable bonds is 5. The highest BCUT2D eigenvalue weighted by Gasteiger charge is 2.31. The highest BCUT2D eigenvalue weighted by Crippen LogP contribution is 2.42. The highest BCUT2D eigenvalue weighted by molar-refractivity contribution is 9.10. The number of morpholine rings is 1.